The lowest BCUT2D eigenvalue weighted by Crippen LogP contribution is -2.50. The lowest BCUT2D eigenvalue weighted by Gasteiger charge is -2.32. The molecule has 106 valence electrons. The molecule has 0 saturated heterocycles. The molecule has 6 heteroatoms. The summed E-state index contributed by atoms with van der Waals surface area (Å²) in [4.78, 5) is 24.3. The van der Waals surface area contributed by atoms with Gasteiger partial charge in [0.15, 0.2) is 6.04 Å². The first-order valence-electron chi connectivity index (χ1n) is 5.97. The Morgan fingerprint density at radius 3 is 2.47 bits per heavy atom. The van der Waals surface area contributed by atoms with Gasteiger partial charge in [-0.05, 0) is 20.8 Å². The number of carbonyl (C=O) groups excluding carboxylic acids is 1. The molecule has 0 spiro atoms. The van der Waals surface area contributed by atoms with Gasteiger partial charge in [-0.15, -0.1) is 0 Å². The summed E-state index contributed by atoms with van der Waals surface area (Å²) in [6.07, 6.45) is -0.671. The van der Waals surface area contributed by atoms with Gasteiger partial charge in [0.1, 0.15) is 5.60 Å². The number of methoxy groups -OCH3 is 1. The zero-order valence-electron chi connectivity index (χ0n) is 11.6. The van der Waals surface area contributed by atoms with Gasteiger partial charge in [0.05, 0.1) is 12.5 Å². The standard InChI is InChI=1S/C13H19NO5/c1-13(2,3)19-12(17)14-7-9(8-18-4)5-6-10(14)11(15)16/h9-10H,7-8H2,1-4H3,(H,15,16)/t9?,10-/m0/s1. The molecule has 1 N–H and O–H groups in total. The number of hydrogen-bond donors (Lipinski definition) is 1. The highest BCUT2D eigenvalue weighted by molar-refractivity contribution is 5.83. The van der Waals surface area contributed by atoms with Crippen LogP contribution in [0.1, 0.15) is 20.8 Å². The molecule has 0 radical (unpaired) electrons. The Bertz CT molecular complexity index is 415. The van der Waals surface area contributed by atoms with E-state index in [-0.39, 0.29) is 12.5 Å². The first-order valence-corrected chi connectivity index (χ1v) is 5.97. The fraction of sp³-hybridized carbons (Fsp3) is 0.692. The van der Waals surface area contributed by atoms with E-state index in [0.29, 0.717) is 6.61 Å². The first kappa shape index (κ1) is 15.3. The Labute approximate surface area is 112 Å². The molecule has 0 aliphatic carbocycles. The van der Waals surface area contributed by atoms with Crippen LogP contribution in [0.3, 0.4) is 0 Å². The second kappa shape index (κ2) is 5.93. The highest BCUT2D eigenvalue weighted by atomic mass is 16.6. The zero-order chi connectivity index (χ0) is 14.6. The predicted molar refractivity (Wildman–Crippen MR) is 67.5 cm³/mol. The van der Waals surface area contributed by atoms with E-state index in [1.165, 1.54) is 7.11 Å². The fourth-order valence-electron chi connectivity index (χ4n) is 1.65. The number of ether oxygens (including phenoxy) is 2. The smallest absolute Gasteiger partial charge is 0.411 e. The van der Waals surface area contributed by atoms with E-state index in [9.17, 15) is 9.59 Å². The van der Waals surface area contributed by atoms with Gasteiger partial charge < -0.3 is 14.6 Å². The molecule has 19 heavy (non-hydrogen) atoms. The van der Waals surface area contributed by atoms with Crippen LogP contribution < -0.4 is 0 Å². The lowest BCUT2D eigenvalue weighted by molar-refractivity contribution is -0.141. The summed E-state index contributed by atoms with van der Waals surface area (Å²) in [7, 11) is 1.53. The molecule has 1 aliphatic heterocycles. The average molecular weight is 269 g/mol. The summed E-state index contributed by atoms with van der Waals surface area (Å²) >= 11 is 0. The topological polar surface area (TPSA) is 76.1 Å². The van der Waals surface area contributed by atoms with Crippen molar-refractivity contribution in [1.29, 1.82) is 0 Å². The van der Waals surface area contributed by atoms with Crippen molar-refractivity contribution in [2.75, 3.05) is 20.3 Å². The molecule has 1 heterocycles. The van der Waals surface area contributed by atoms with Crippen molar-refractivity contribution in [2.24, 2.45) is 5.92 Å². The molecule has 2 atom stereocenters. The Morgan fingerprint density at radius 1 is 1.37 bits per heavy atom. The van der Waals surface area contributed by atoms with Crippen LogP contribution in [-0.2, 0) is 14.3 Å². The second-order valence-electron chi connectivity index (χ2n) is 5.31. The minimum atomic E-state index is -1.16. The van der Waals surface area contributed by atoms with Crippen LogP contribution in [0.5, 0.6) is 0 Å². The highest BCUT2D eigenvalue weighted by Crippen LogP contribution is 2.16. The quantitative estimate of drug-likeness (QED) is 0.772. The minimum Gasteiger partial charge on any atom is -0.479 e. The van der Waals surface area contributed by atoms with Crippen molar-refractivity contribution in [2.45, 2.75) is 32.4 Å². The molecule has 1 rings (SSSR count). The number of aliphatic carboxylic acids is 1. The van der Waals surface area contributed by atoms with E-state index in [1.807, 2.05) is 0 Å². The van der Waals surface area contributed by atoms with Gasteiger partial charge in [-0.25, -0.2) is 9.59 Å². The van der Waals surface area contributed by atoms with Gasteiger partial charge in [-0.2, -0.15) is 0 Å². The van der Waals surface area contributed by atoms with E-state index < -0.39 is 23.7 Å². The van der Waals surface area contributed by atoms with E-state index in [1.54, 1.807) is 20.8 Å². The second-order valence-corrected chi connectivity index (χ2v) is 5.31. The van der Waals surface area contributed by atoms with Crippen LogP contribution >= 0.6 is 0 Å². The van der Waals surface area contributed by atoms with Crippen molar-refractivity contribution < 1.29 is 24.2 Å². The maximum absolute atomic E-state index is 12.0. The molecule has 0 saturated carbocycles. The monoisotopic (exact) mass is 269 g/mol. The Kier molecular flexibility index (Phi) is 4.78. The summed E-state index contributed by atoms with van der Waals surface area (Å²) in [6.45, 7) is 5.71. The number of carbonyl (C=O) groups is 2. The van der Waals surface area contributed by atoms with Gasteiger partial charge in [-0.3, -0.25) is 4.90 Å². The summed E-state index contributed by atoms with van der Waals surface area (Å²) in [5, 5.41) is 9.09. The third-order valence-corrected chi connectivity index (χ3v) is 2.38. The van der Waals surface area contributed by atoms with Crippen molar-refractivity contribution in [3.63, 3.8) is 0 Å². The van der Waals surface area contributed by atoms with Crippen LogP contribution in [-0.4, -0.2) is 54.0 Å². The molecule has 0 fully saturated rings. The highest BCUT2D eigenvalue weighted by Gasteiger charge is 2.35. The summed E-state index contributed by atoms with van der Waals surface area (Å²) in [6, 6.07) is -1.16. The number of amides is 1. The van der Waals surface area contributed by atoms with Crippen molar-refractivity contribution in [3.05, 3.63) is 0 Å². The molecule has 0 aromatic carbocycles. The van der Waals surface area contributed by atoms with Crippen LogP contribution in [0.15, 0.2) is 0 Å². The Morgan fingerprint density at radius 2 is 2.00 bits per heavy atom. The Hall–Kier alpha value is -1.74. The van der Waals surface area contributed by atoms with Crippen molar-refractivity contribution >= 4 is 12.1 Å². The molecule has 0 aromatic heterocycles. The van der Waals surface area contributed by atoms with E-state index in [4.69, 9.17) is 14.6 Å². The van der Waals surface area contributed by atoms with Crippen molar-refractivity contribution in [1.82, 2.24) is 4.90 Å². The minimum absolute atomic E-state index is 0.187. The number of carboxylic acids is 1. The molecule has 1 unspecified atom stereocenters. The Balaban J connectivity index is 2.87. The normalized spacial score (nSPS) is 22.4. The van der Waals surface area contributed by atoms with Gasteiger partial charge in [-0.1, -0.05) is 11.8 Å². The summed E-state index contributed by atoms with van der Waals surface area (Å²) < 4.78 is 10.2. The fourth-order valence-corrected chi connectivity index (χ4v) is 1.65. The molecule has 0 aromatic rings. The summed E-state index contributed by atoms with van der Waals surface area (Å²) in [5.41, 5.74) is -0.679. The molecule has 1 amide bonds. The van der Waals surface area contributed by atoms with Crippen LogP contribution in [0.4, 0.5) is 4.79 Å². The maximum Gasteiger partial charge on any atom is 0.411 e. The molecule has 1 aliphatic rings. The van der Waals surface area contributed by atoms with Crippen LogP contribution in [0, 0.1) is 17.8 Å². The zero-order valence-corrected chi connectivity index (χ0v) is 11.6. The van der Waals surface area contributed by atoms with E-state index in [0.717, 1.165) is 4.90 Å². The van der Waals surface area contributed by atoms with E-state index >= 15 is 0 Å². The van der Waals surface area contributed by atoms with Crippen molar-refractivity contribution in [3.8, 4) is 11.8 Å². The molecule has 0 bridgehead atoms. The average Bonchev–Trinajstić information content (AvgIpc) is 2.26. The SMILES string of the molecule is COCC1C#C[C@@H](C(=O)O)N(C(=O)OC(C)(C)C)C1. The van der Waals surface area contributed by atoms with E-state index in [2.05, 4.69) is 11.8 Å². The van der Waals surface area contributed by atoms with Gasteiger partial charge >= 0.3 is 12.1 Å². The number of rotatable bonds is 3. The largest absolute Gasteiger partial charge is 0.479 e. The third kappa shape index (κ3) is 4.45. The number of nitrogens with zero attached hydrogens (tertiary/aromatic N) is 1. The van der Waals surface area contributed by atoms with Gasteiger partial charge in [0.2, 0.25) is 0 Å². The van der Waals surface area contributed by atoms with Crippen LogP contribution in [0.25, 0.3) is 0 Å². The number of hydrogen-bond acceptors (Lipinski definition) is 4. The van der Waals surface area contributed by atoms with Gasteiger partial charge in [0.25, 0.3) is 0 Å². The summed E-state index contributed by atoms with van der Waals surface area (Å²) in [5.74, 6) is 4.00. The third-order valence-electron chi connectivity index (χ3n) is 2.38. The molecular formula is C13H19NO5. The number of carboxylic acid groups (broad SMARTS) is 1. The first-order chi connectivity index (χ1) is 8.74. The maximum atomic E-state index is 12.0. The lowest BCUT2D eigenvalue weighted by atomic mass is 10.0. The molecule has 6 nitrogen and oxygen atoms in total. The predicted octanol–water partition coefficient (Wildman–Crippen LogP) is 0.956. The van der Waals surface area contributed by atoms with Crippen LogP contribution in [0.2, 0.25) is 0 Å². The molecular weight excluding hydrogens is 250 g/mol. The van der Waals surface area contributed by atoms with Gasteiger partial charge in [0, 0.05) is 13.7 Å².